The van der Waals surface area contributed by atoms with Gasteiger partial charge in [-0.25, -0.2) is 0 Å². The summed E-state index contributed by atoms with van der Waals surface area (Å²) in [6, 6.07) is 14.0. The largest absolute Gasteiger partial charge is 0.310 e. The maximum absolute atomic E-state index is 3.70. The Kier molecular flexibility index (Phi) is 6.47. The van der Waals surface area contributed by atoms with Crippen LogP contribution < -0.4 is 5.32 Å². The van der Waals surface area contributed by atoms with Gasteiger partial charge in [-0.3, -0.25) is 0 Å². The first kappa shape index (κ1) is 16.3. The second-order valence-electron chi connectivity index (χ2n) is 5.95. The van der Waals surface area contributed by atoms with Crippen molar-refractivity contribution in [3.63, 3.8) is 0 Å². The zero-order valence-electron chi connectivity index (χ0n) is 13.4. The summed E-state index contributed by atoms with van der Waals surface area (Å²) in [5, 5.41) is 5.87. The summed E-state index contributed by atoms with van der Waals surface area (Å²) in [6.45, 7) is 7.81. The van der Waals surface area contributed by atoms with Crippen molar-refractivity contribution >= 4 is 11.3 Å². The van der Waals surface area contributed by atoms with E-state index in [1.165, 1.54) is 28.8 Å². The average Bonchev–Trinajstić information content (AvgIpc) is 3.01. The van der Waals surface area contributed by atoms with E-state index in [2.05, 4.69) is 67.9 Å². The Morgan fingerprint density at radius 1 is 1.05 bits per heavy atom. The van der Waals surface area contributed by atoms with Crippen LogP contribution in [0, 0.1) is 0 Å². The van der Waals surface area contributed by atoms with E-state index >= 15 is 0 Å². The molecular weight excluding hydrogens is 274 g/mol. The van der Waals surface area contributed by atoms with Gasteiger partial charge in [-0.2, -0.15) is 0 Å². The number of nitrogens with one attached hydrogen (secondary N) is 1. The minimum absolute atomic E-state index is 0.466. The monoisotopic (exact) mass is 301 g/mol. The van der Waals surface area contributed by atoms with Crippen molar-refractivity contribution in [3.05, 3.63) is 57.8 Å². The smallest absolute Gasteiger partial charge is 0.0323 e. The molecule has 21 heavy (non-hydrogen) atoms. The SMILES string of the molecule is CCCNC(CCc1cccs1)c1ccc(C(C)C)cc1. The van der Waals surface area contributed by atoms with Gasteiger partial charge in [0.05, 0.1) is 0 Å². The van der Waals surface area contributed by atoms with Crippen LogP contribution in [0.25, 0.3) is 0 Å². The van der Waals surface area contributed by atoms with Gasteiger partial charge in [0.2, 0.25) is 0 Å². The van der Waals surface area contributed by atoms with Crippen LogP contribution in [0.3, 0.4) is 0 Å². The molecule has 0 fully saturated rings. The molecule has 2 heteroatoms. The molecule has 0 bridgehead atoms. The molecule has 1 nitrogen and oxygen atoms in total. The van der Waals surface area contributed by atoms with Gasteiger partial charge in [0.1, 0.15) is 0 Å². The number of hydrogen-bond acceptors (Lipinski definition) is 2. The molecule has 0 aliphatic heterocycles. The lowest BCUT2D eigenvalue weighted by atomic mass is 9.96. The normalized spacial score (nSPS) is 12.8. The highest BCUT2D eigenvalue weighted by atomic mass is 32.1. The van der Waals surface area contributed by atoms with Gasteiger partial charge in [0.15, 0.2) is 0 Å². The first-order valence-corrected chi connectivity index (χ1v) is 8.94. The van der Waals surface area contributed by atoms with Crippen LogP contribution in [0.4, 0.5) is 0 Å². The van der Waals surface area contributed by atoms with E-state index in [0.29, 0.717) is 12.0 Å². The minimum atomic E-state index is 0.466. The van der Waals surface area contributed by atoms with E-state index in [1.807, 2.05) is 11.3 Å². The van der Waals surface area contributed by atoms with Crippen LogP contribution >= 0.6 is 11.3 Å². The van der Waals surface area contributed by atoms with Gasteiger partial charge in [-0.1, -0.05) is 51.1 Å². The molecule has 1 aromatic heterocycles. The third-order valence-electron chi connectivity index (χ3n) is 3.91. The van der Waals surface area contributed by atoms with Gasteiger partial charge >= 0.3 is 0 Å². The summed E-state index contributed by atoms with van der Waals surface area (Å²) < 4.78 is 0. The number of benzene rings is 1. The van der Waals surface area contributed by atoms with Gasteiger partial charge < -0.3 is 5.32 Å². The number of aryl methyl sites for hydroxylation is 1. The maximum Gasteiger partial charge on any atom is 0.0323 e. The predicted molar refractivity (Wildman–Crippen MR) is 94.2 cm³/mol. The highest BCUT2D eigenvalue weighted by Gasteiger charge is 2.11. The standard InChI is InChI=1S/C19H27NS/c1-4-13-20-19(12-11-18-6-5-14-21-18)17-9-7-16(8-10-17)15(2)3/h5-10,14-15,19-20H,4,11-13H2,1-3H3. The summed E-state index contributed by atoms with van der Waals surface area (Å²) in [7, 11) is 0. The van der Waals surface area contributed by atoms with Crippen LogP contribution in [-0.4, -0.2) is 6.54 Å². The van der Waals surface area contributed by atoms with Crippen LogP contribution in [0.2, 0.25) is 0 Å². The Labute approximate surface area is 133 Å². The van der Waals surface area contributed by atoms with Crippen molar-refractivity contribution in [2.24, 2.45) is 0 Å². The molecule has 2 rings (SSSR count). The third kappa shape index (κ3) is 4.98. The van der Waals surface area contributed by atoms with Crippen LogP contribution in [0.15, 0.2) is 41.8 Å². The summed E-state index contributed by atoms with van der Waals surface area (Å²) >= 11 is 1.86. The van der Waals surface area contributed by atoms with Gasteiger partial charge in [-0.05, 0) is 54.3 Å². The molecule has 0 spiro atoms. The quantitative estimate of drug-likeness (QED) is 0.674. The maximum atomic E-state index is 3.70. The topological polar surface area (TPSA) is 12.0 Å². The van der Waals surface area contributed by atoms with Gasteiger partial charge in [-0.15, -0.1) is 11.3 Å². The Bertz CT molecular complexity index is 499. The van der Waals surface area contributed by atoms with E-state index in [-0.39, 0.29) is 0 Å². The Morgan fingerprint density at radius 2 is 1.76 bits per heavy atom. The fourth-order valence-electron chi connectivity index (χ4n) is 2.56. The van der Waals surface area contributed by atoms with E-state index in [1.54, 1.807) is 0 Å². The lowest BCUT2D eigenvalue weighted by Crippen LogP contribution is -2.22. The minimum Gasteiger partial charge on any atom is -0.310 e. The first-order chi connectivity index (χ1) is 10.2. The fraction of sp³-hybridized carbons (Fsp3) is 0.474. The van der Waals surface area contributed by atoms with Crippen molar-refractivity contribution in [3.8, 4) is 0 Å². The average molecular weight is 301 g/mol. The van der Waals surface area contributed by atoms with Gasteiger partial charge in [0.25, 0.3) is 0 Å². The van der Waals surface area contributed by atoms with Gasteiger partial charge in [0, 0.05) is 10.9 Å². The van der Waals surface area contributed by atoms with Crippen LogP contribution in [0.1, 0.15) is 61.6 Å². The number of hydrogen-bond donors (Lipinski definition) is 1. The van der Waals surface area contributed by atoms with Crippen LogP contribution in [-0.2, 0) is 6.42 Å². The molecule has 1 aromatic carbocycles. The highest BCUT2D eigenvalue weighted by molar-refractivity contribution is 7.09. The van der Waals surface area contributed by atoms with Crippen molar-refractivity contribution in [2.75, 3.05) is 6.54 Å². The number of rotatable bonds is 8. The van der Waals surface area contributed by atoms with Crippen LogP contribution in [0.5, 0.6) is 0 Å². The molecular formula is C19H27NS. The predicted octanol–water partition coefficient (Wildman–Crippen LogP) is 5.55. The van der Waals surface area contributed by atoms with E-state index in [0.717, 1.165) is 13.0 Å². The second-order valence-corrected chi connectivity index (χ2v) is 6.98. The zero-order chi connectivity index (χ0) is 15.1. The molecule has 1 N–H and O–H groups in total. The molecule has 1 heterocycles. The fourth-order valence-corrected chi connectivity index (χ4v) is 3.28. The summed E-state index contributed by atoms with van der Waals surface area (Å²) in [5.41, 5.74) is 2.84. The lowest BCUT2D eigenvalue weighted by Gasteiger charge is -2.19. The Balaban J connectivity index is 2.03. The van der Waals surface area contributed by atoms with E-state index in [4.69, 9.17) is 0 Å². The second kappa shape index (κ2) is 8.35. The molecule has 2 aromatic rings. The lowest BCUT2D eigenvalue weighted by molar-refractivity contribution is 0.500. The summed E-state index contributed by atoms with van der Waals surface area (Å²) in [5.74, 6) is 0.604. The molecule has 0 saturated carbocycles. The molecule has 1 atom stereocenters. The Hall–Kier alpha value is -1.12. The highest BCUT2D eigenvalue weighted by Crippen LogP contribution is 2.23. The van der Waals surface area contributed by atoms with E-state index in [9.17, 15) is 0 Å². The molecule has 114 valence electrons. The third-order valence-corrected chi connectivity index (χ3v) is 4.84. The zero-order valence-corrected chi connectivity index (χ0v) is 14.2. The number of thiophene rings is 1. The first-order valence-electron chi connectivity index (χ1n) is 8.06. The van der Waals surface area contributed by atoms with E-state index < -0.39 is 0 Å². The molecule has 0 radical (unpaired) electrons. The van der Waals surface area contributed by atoms with Crippen molar-refractivity contribution < 1.29 is 0 Å². The summed E-state index contributed by atoms with van der Waals surface area (Å²) in [6.07, 6.45) is 3.51. The molecule has 0 saturated heterocycles. The summed E-state index contributed by atoms with van der Waals surface area (Å²) in [4.78, 5) is 1.48. The van der Waals surface area contributed by atoms with Crippen molar-refractivity contribution in [1.82, 2.24) is 5.32 Å². The molecule has 0 aliphatic carbocycles. The molecule has 1 unspecified atom stereocenters. The molecule has 0 amide bonds. The van der Waals surface area contributed by atoms with Crippen molar-refractivity contribution in [2.45, 2.75) is 52.0 Å². The van der Waals surface area contributed by atoms with Crippen molar-refractivity contribution in [1.29, 1.82) is 0 Å². The molecule has 0 aliphatic rings. The Morgan fingerprint density at radius 3 is 2.33 bits per heavy atom.